The summed E-state index contributed by atoms with van der Waals surface area (Å²) in [5.41, 5.74) is 2.15. The number of nitrogens with zero attached hydrogens (tertiary/aromatic N) is 2. The van der Waals surface area contributed by atoms with Gasteiger partial charge < -0.3 is 5.32 Å². The van der Waals surface area contributed by atoms with Crippen LogP contribution in [-0.4, -0.2) is 21.7 Å². The van der Waals surface area contributed by atoms with E-state index in [2.05, 4.69) is 17.3 Å². The highest BCUT2D eigenvalue weighted by Gasteiger charge is 2.42. The van der Waals surface area contributed by atoms with Gasteiger partial charge >= 0.3 is 0 Å². The molecule has 2 bridgehead atoms. The maximum Gasteiger partial charge on any atom is 0.220 e. The van der Waals surface area contributed by atoms with E-state index in [1.54, 1.807) is 0 Å². The van der Waals surface area contributed by atoms with Gasteiger partial charge in [0.25, 0.3) is 0 Å². The molecule has 1 N–H and O–H groups in total. The first-order valence-electron chi connectivity index (χ1n) is 9.57. The fourth-order valence-electron chi connectivity index (χ4n) is 4.81. The number of benzene rings is 1. The van der Waals surface area contributed by atoms with Crippen LogP contribution in [0, 0.1) is 17.8 Å². The standard InChI is InChI=1S/C21H27N3O/c1-15(20-12-16-7-9-18(20)11-16)23-21(25)10-8-17-13-22-24(14-17)19-5-3-2-4-6-19/h2-6,13-16,18,20H,7-12H2,1H3,(H,23,25)/t15-,16-,18-,20+/m0/s1. The number of para-hydroxylation sites is 1. The minimum atomic E-state index is 0.169. The Morgan fingerprint density at radius 3 is 2.84 bits per heavy atom. The lowest BCUT2D eigenvalue weighted by Crippen LogP contribution is -2.40. The van der Waals surface area contributed by atoms with E-state index in [-0.39, 0.29) is 5.91 Å². The van der Waals surface area contributed by atoms with Crippen molar-refractivity contribution in [1.82, 2.24) is 15.1 Å². The number of aromatic nitrogens is 2. The van der Waals surface area contributed by atoms with Crippen molar-refractivity contribution in [2.45, 2.75) is 51.5 Å². The lowest BCUT2D eigenvalue weighted by Gasteiger charge is -2.28. The highest BCUT2D eigenvalue weighted by atomic mass is 16.1. The van der Waals surface area contributed by atoms with Crippen molar-refractivity contribution >= 4 is 5.91 Å². The Balaban J connectivity index is 1.27. The van der Waals surface area contributed by atoms with E-state index in [1.165, 1.54) is 25.7 Å². The van der Waals surface area contributed by atoms with Crippen LogP contribution in [0.5, 0.6) is 0 Å². The van der Waals surface area contributed by atoms with Gasteiger partial charge in [0.15, 0.2) is 0 Å². The van der Waals surface area contributed by atoms with Crippen molar-refractivity contribution in [2.24, 2.45) is 17.8 Å². The Labute approximate surface area is 149 Å². The molecule has 0 saturated heterocycles. The van der Waals surface area contributed by atoms with Crippen LogP contribution in [0.15, 0.2) is 42.7 Å². The molecule has 0 spiro atoms. The molecule has 132 valence electrons. The average molecular weight is 337 g/mol. The maximum atomic E-state index is 12.3. The quantitative estimate of drug-likeness (QED) is 0.873. The molecule has 25 heavy (non-hydrogen) atoms. The molecule has 1 amide bonds. The zero-order valence-electron chi connectivity index (χ0n) is 14.9. The highest BCUT2D eigenvalue weighted by Crippen LogP contribution is 2.49. The van der Waals surface area contributed by atoms with Gasteiger partial charge in [-0.25, -0.2) is 4.68 Å². The number of rotatable bonds is 6. The molecule has 4 rings (SSSR count). The SMILES string of the molecule is C[C@H](NC(=O)CCc1cnn(-c2ccccc2)c1)[C@H]1C[C@H]2CC[C@H]1C2. The fourth-order valence-corrected chi connectivity index (χ4v) is 4.81. The number of nitrogens with one attached hydrogen (secondary N) is 1. The Hall–Kier alpha value is -2.10. The van der Waals surface area contributed by atoms with E-state index in [9.17, 15) is 4.79 Å². The summed E-state index contributed by atoms with van der Waals surface area (Å²) in [6.07, 6.45) is 10.6. The van der Waals surface area contributed by atoms with Crippen LogP contribution >= 0.6 is 0 Å². The van der Waals surface area contributed by atoms with Crippen molar-refractivity contribution in [3.63, 3.8) is 0 Å². The van der Waals surface area contributed by atoms with Crippen molar-refractivity contribution in [2.75, 3.05) is 0 Å². The van der Waals surface area contributed by atoms with Crippen molar-refractivity contribution in [3.05, 3.63) is 48.3 Å². The Kier molecular flexibility index (Phi) is 4.60. The number of carbonyl (C=O) groups is 1. The van der Waals surface area contributed by atoms with E-state index in [1.807, 2.05) is 47.4 Å². The van der Waals surface area contributed by atoms with Gasteiger partial charge in [-0.2, -0.15) is 5.10 Å². The van der Waals surface area contributed by atoms with Gasteiger partial charge in [-0.1, -0.05) is 24.6 Å². The molecule has 2 saturated carbocycles. The molecular formula is C21H27N3O. The van der Waals surface area contributed by atoms with E-state index < -0.39 is 0 Å². The molecule has 1 heterocycles. The van der Waals surface area contributed by atoms with Crippen LogP contribution in [0.25, 0.3) is 5.69 Å². The summed E-state index contributed by atoms with van der Waals surface area (Å²) in [5, 5.41) is 7.65. The van der Waals surface area contributed by atoms with Gasteiger partial charge in [-0.05, 0) is 68.1 Å². The van der Waals surface area contributed by atoms with Gasteiger partial charge in [0.2, 0.25) is 5.91 Å². The lowest BCUT2D eigenvalue weighted by atomic mass is 9.84. The van der Waals surface area contributed by atoms with E-state index >= 15 is 0 Å². The molecule has 0 unspecified atom stereocenters. The predicted octanol–water partition coefficient (Wildman–Crippen LogP) is 3.75. The zero-order chi connectivity index (χ0) is 17.2. The third-order valence-corrected chi connectivity index (χ3v) is 6.12. The molecule has 4 atom stereocenters. The first-order valence-corrected chi connectivity index (χ1v) is 9.57. The van der Waals surface area contributed by atoms with Crippen LogP contribution in [0.3, 0.4) is 0 Å². The number of fused-ring (bicyclic) bond motifs is 2. The molecule has 0 radical (unpaired) electrons. The van der Waals surface area contributed by atoms with Crippen LogP contribution < -0.4 is 5.32 Å². The summed E-state index contributed by atoms with van der Waals surface area (Å²) in [4.78, 5) is 12.3. The molecular weight excluding hydrogens is 310 g/mol. The smallest absolute Gasteiger partial charge is 0.220 e. The van der Waals surface area contributed by atoms with Gasteiger partial charge in [0.05, 0.1) is 11.9 Å². The monoisotopic (exact) mass is 337 g/mol. The third-order valence-electron chi connectivity index (χ3n) is 6.12. The van der Waals surface area contributed by atoms with Crippen molar-refractivity contribution in [1.29, 1.82) is 0 Å². The fraction of sp³-hybridized carbons (Fsp3) is 0.524. The number of amides is 1. The Morgan fingerprint density at radius 1 is 1.28 bits per heavy atom. The maximum absolute atomic E-state index is 12.3. The van der Waals surface area contributed by atoms with E-state index in [4.69, 9.17) is 0 Å². The minimum absolute atomic E-state index is 0.169. The van der Waals surface area contributed by atoms with Gasteiger partial charge in [-0.3, -0.25) is 4.79 Å². The Bertz CT molecular complexity index is 724. The summed E-state index contributed by atoms with van der Waals surface area (Å²) in [6, 6.07) is 10.4. The van der Waals surface area contributed by atoms with E-state index in [0.29, 0.717) is 18.4 Å². The molecule has 2 fully saturated rings. The lowest BCUT2D eigenvalue weighted by molar-refractivity contribution is -0.122. The van der Waals surface area contributed by atoms with E-state index in [0.717, 1.165) is 29.5 Å². The summed E-state index contributed by atoms with van der Waals surface area (Å²) in [7, 11) is 0. The van der Waals surface area contributed by atoms with Gasteiger partial charge in [0, 0.05) is 18.7 Å². The van der Waals surface area contributed by atoms with Crippen LogP contribution in [0.4, 0.5) is 0 Å². The number of carbonyl (C=O) groups excluding carboxylic acids is 1. The molecule has 4 nitrogen and oxygen atoms in total. The molecule has 4 heteroatoms. The second kappa shape index (κ2) is 7.03. The number of hydrogen-bond donors (Lipinski definition) is 1. The van der Waals surface area contributed by atoms with Crippen LogP contribution in [0.1, 0.15) is 44.6 Å². The summed E-state index contributed by atoms with van der Waals surface area (Å²) in [6.45, 7) is 2.19. The normalized spacial score (nSPS) is 25.9. The average Bonchev–Trinajstić information content (AvgIpc) is 3.37. The molecule has 1 aromatic heterocycles. The topological polar surface area (TPSA) is 46.9 Å². The highest BCUT2D eigenvalue weighted by molar-refractivity contribution is 5.76. The first kappa shape index (κ1) is 16.4. The minimum Gasteiger partial charge on any atom is -0.353 e. The first-order chi connectivity index (χ1) is 12.2. The number of hydrogen-bond acceptors (Lipinski definition) is 2. The molecule has 2 aliphatic carbocycles. The molecule has 2 aliphatic rings. The largest absolute Gasteiger partial charge is 0.353 e. The van der Waals surface area contributed by atoms with Crippen LogP contribution in [0.2, 0.25) is 0 Å². The Morgan fingerprint density at radius 2 is 2.12 bits per heavy atom. The summed E-state index contributed by atoms with van der Waals surface area (Å²) < 4.78 is 1.87. The van der Waals surface area contributed by atoms with Gasteiger partial charge in [-0.15, -0.1) is 0 Å². The second-order valence-electron chi connectivity index (χ2n) is 7.82. The molecule has 1 aromatic carbocycles. The molecule has 2 aromatic rings. The zero-order valence-corrected chi connectivity index (χ0v) is 14.9. The molecule has 0 aliphatic heterocycles. The number of aryl methyl sites for hydroxylation is 1. The van der Waals surface area contributed by atoms with Crippen LogP contribution in [-0.2, 0) is 11.2 Å². The van der Waals surface area contributed by atoms with Crippen molar-refractivity contribution in [3.8, 4) is 5.69 Å². The second-order valence-corrected chi connectivity index (χ2v) is 7.82. The summed E-state index contributed by atoms with van der Waals surface area (Å²) in [5.74, 6) is 2.65. The third kappa shape index (κ3) is 3.63. The predicted molar refractivity (Wildman–Crippen MR) is 98.4 cm³/mol. The van der Waals surface area contributed by atoms with Gasteiger partial charge in [0.1, 0.15) is 0 Å². The summed E-state index contributed by atoms with van der Waals surface area (Å²) >= 11 is 0. The van der Waals surface area contributed by atoms with Crippen molar-refractivity contribution < 1.29 is 4.79 Å².